The van der Waals surface area contributed by atoms with E-state index < -0.39 is 0 Å². The van der Waals surface area contributed by atoms with Gasteiger partial charge in [0.15, 0.2) is 5.82 Å². The highest BCUT2D eigenvalue weighted by Crippen LogP contribution is 2.36. The van der Waals surface area contributed by atoms with Gasteiger partial charge in [-0.3, -0.25) is 4.79 Å². The van der Waals surface area contributed by atoms with Gasteiger partial charge in [0.1, 0.15) is 18.2 Å². The summed E-state index contributed by atoms with van der Waals surface area (Å²) in [6, 6.07) is 5.07. The average Bonchev–Trinajstić information content (AvgIpc) is 2.83. The number of aliphatic hydroxyl groups is 1. The van der Waals surface area contributed by atoms with E-state index in [1.54, 1.807) is 22.8 Å². The Morgan fingerprint density at radius 3 is 2.74 bits per heavy atom. The number of amides is 1. The first-order valence-corrected chi connectivity index (χ1v) is 7.59. The van der Waals surface area contributed by atoms with E-state index in [9.17, 15) is 9.90 Å². The van der Waals surface area contributed by atoms with Crippen molar-refractivity contribution in [2.24, 2.45) is 7.05 Å². The van der Waals surface area contributed by atoms with Crippen LogP contribution in [0.2, 0.25) is 0 Å². The van der Waals surface area contributed by atoms with Gasteiger partial charge in [-0.2, -0.15) is 0 Å². The number of rotatable bonds is 4. The van der Waals surface area contributed by atoms with Crippen molar-refractivity contribution in [1.29, 1.82) is 0 Å². The summed E-state index contributed by atoms with van der Waals surface area (Å²) < 4.78 is 1.80. The lowest BCUT2D eigenvalue weighted by Gasteiger charge is -2.35. The lowest BCUT2D eigenvalue weighted by molar-refractivity contribution is 0.0904. The van der Waals surface area contributed by atoms with E-state index >= 15 is 0 Å². The van der Waals surface area contributed by atoms with Crippen LogP contribution in [-0.2, 0) is 13.7 Å². The molecule has 1 aromatic heterocycles. The molecule has 0 spiro atoms. The Kier molecular flexibility index (Phi) is 4.04. The highest BCUT2D eigenvalue weighted by molar-refractivity contribution is 5.97. The van der Waals surface area contributed by atoms with Crippen molar-refractivity contribution in [2.45, 2.75) is 38.3 Å². The van der Waals surface area contributed by atoms with Crippen LogP contribution in [0.15, 0.2) is 18.2 Å². The number of aliphatic hydroxyl groups excluding tert-OH is 1. The van der Waals surface area contributed by atoms with Crippen LogP contribution in [0.5, 0.6) is 5.75 Å². The van der Waals surface area contributed by atoms with Gasteiger partial charge in [0.25, 0.3) is 5.91 Å². The van der Waals surface area contributed by atoms with E-state index in [1.165, 1.54) is 0 Å². The molecule has 7 nitrogen and oxygen atoms in total. The number of phenolic OH excluding ortho intramolecular Hbond substituents is 1. The zero-order valence-electron chi connectivity index (χ0n) is 13.2. The van der Waals surface area contributed by atoms with Crippen LogP contribution < -0.4 is 5.32 Å². The SMILES string of the molecule is Cc1ccc(C(=O)NC2CC(c3nnc(CO)n3C)C2)c(O)c1. The molecule has 122 valence electrons. The average molecular weight is 316 g/mol. The molecule has 0 atom stereocenters. The second kappa shape index (κ2) is 6.00. The minimum atomic E-state index is -0.264. The molecule has 1 saturated carbocycles. The first-order chi connectivity index (χ1) is 11.0. The highest BCUT2D eigenvalue weighted by atomic mass is 16.3. The van der Waals surface area contributed by atoms with Gasteiger partial charge in [0, 0.05) is 19.0 Å². The summed E-state index contributed by atoms with van der Waals surface area (Å²) in [5, 5.41) is 30.0. The number of aryl methyl sites for hydroxylation is 1. The normalized spacial score (nSPS) is 20.1. The largest absolute Gasteiger partial charge is 0.507 e. The van der Waals surface area contributed by atoms with Crippen LogP contribution in [-0.4, -0.2) is 36.9 Å². The molecule has 1 heterocycles. The second-order valence-electron chi connectivity index (χ2n) is 6.05. The van der Waals surface area contributed by atoms with E-state index in [2.05, 4.69) is 15.5 Å². The number of carbonyl (C=O) groups excluding carboxylic acids is 1. The van der Waals surface area contributed by atoms with Gasteiger partial charge in [-0.25, -0.2) is 0 Å². The number of hydrogen-bond donors (Lipinski definition) is 3. The molecule has 0 aliphatic heterocycles. The Bertz CT molecular complexity index is 735. The maximum absolute atomic E-state index is 12.2. The summed E-state index contributed by atoms with van der Waals surface area (Å²) in [5.74, 6) is 1.33. The summed E-state index contributed by atoms with van der Waals surface area (Å²) in [6.07, 6.45) is 1.55. The van der Waals surface area contributed by atoms with Crippen molar-refractivity contribution < 1.29 is 15.0 Å². The topological polar surface area (TPSA) is 100 Å². The third kappa shape index (κ3) is 2.92. The zero-order chi connectivity index (χ0) is 16.6. The molecule has 0 bridgehead atoms. The Morgan fingerprint density at radius 2 is 2.13 bits per heavy atom. The molecule has 1 aliphatic rings. The molecule has 1 fully saturated rings. The van der Waals surface area contributed by atoms with Crippen molar-refractivity contribution in [3.05, 3.63) is 41.0 Å². The van der Waals surface area contributed by atoms with Crippen LogP contribution >= 0.6 is 0 Å². The number of aromatic hydroxyl groups is 1. The third-order valence-corrected chi connectivity index (χ3v) is 4.38. The number of hydrogen-bond acceptors (Lipinski definition) is 5. The number of nitrogens with one attached hydrogen (secondary N) is 1. The summed E-state index contributed by atoms with van der Waals surface area (Å²) >= 11 is 0. The summed E-state index contributed by atoms with van der Waals surface area (Å²) in [6.45, 7) is 1.72. The predicted molar refractivity (Wildman–Crippen MR) is 83.0 cm³/mol. The molecule has 23 heavy (non-hydrogen) atoms. The molecule has 1 aliphatic carbocycles. The van der Waals surface area contributed by atoms with Crippen molar-refractivity contribution in [2.75, 3.05) is 0 Å². The van der Waals surface area contributed by atoms with Crippen LogP contribution in [0, 0.1) is 6.92 Å². The van der Waals surface area contributed by atoms with E-state index in [4.69, 9.17) is 5.11 Å². The number of nitrogens with zero attached hydrogens (tertiary/aromatic N) is 3. The standard InChI is InChI=1S/C16H20N4O3/c1-9-3-4-12(13(22)5-9)16(23)17-11-6-10(7-11)15-19-18-14(8-21)20(15)2/h3-5,10-11,21-22H,6-8H2,1-2H3,(H,17,23). The van der Waals surface area contributed by atoms with Gasteiger partial charge in [-0.15, -0.1) is 10.2 Å². The minimum Gasteiger partial charge on any atom is -0.507 e. The van der Waals surface area contributed by atoms with E-state index in [0.29, 0.717) is 11.4 Å². The summed E-state index contributed by atoms with van der Waals surface area (Å²) in [5.41, 5.74) is 1.20. The first kappa shape index (κ1) is 15.5. The first-order valence-electron chi connectivity index (χ1n) is 7.59. The van der Waals surface area contributed by atoms with Crippen LogP contribution in [0.1, 0.15) is 46.3 Å². The summed E-state index contributed by atoms with van der Waals surface area (Å²) in [7, 11) is 1.83. The van der Waals surface area contributed by atoms with Crippen molar-refractivity contribution in [3.8, 4) is 5.75 Å². The van der Waals surface area contributed by atoms with E-state index in [-0.39, 0.29) is 30.2 Å². The maximum atomic E-state index is 12.2. The van der Waals surface area contributed by atoms with Gasteiger partial charge < -0.3 is 20.1 Å². The summed E-state index contributed by atoms with van der Waals surface area (Å²) in [4.78, 5) is 12.2. The molecule has 0 saturated heterocycles. The van der Waals surface area contributed by atoms with Crippen molar-refractivity contribution in [3.63, 3.8) is 0 Å². The number of benzene rings is 1. The molecule has 2 aromatic rings. The fraction of sp³-hybridized carbons (Fsp3) is 0.438. The van der Waals surface area contributed by atoms with Gasteiger partial charge in [0.2, 0.25) is 0 Å². The molecule has 3 N–H and O–H groups in total. The Labute approximate surface area is 134 Å². The van der Waals surface area contributed by atoms with Gasteiger partial charge >= 0.3 is 0 Å². The lowest BCUT2D eigenvalue weighted by Crippen LogP contribution is -2.44. The molecular weight excluding hydrogens is 296 g/mol. The Morgan fingerprint density at radius 1 is 1.39 bits per heavy atom. The van der Waals surface area contributed by atoms with Gasteiger partial charge in [-0.05, 0) is 37.5 Å². The van der Waals surface area contributed by atoms with Crippen LogP contribution in [0.3, 0.4) is 0 Å². The number of phenols is 1. The van der Waals surface area contributed by atoms with Crippen LogP contribution in [0.25, 0.3) is 0 Å². The zero-order valence-corrected chi connectivity index (χ0v) is 13.2. The number of carbonyl (C=O) groups is 1. The fourth-order valence-corrected chi connectivity index (χ4v) is 2.91. The predicted octanol–water partition coefficient (Wildman–Crippen LogP) is 0.997. The third-order valence-electron chi connectivity index (χ3n) is 4.38. The molecular formula is C16H20N4O3. The van der Waals surface area contributed by atoms with Crippen LogP contribution in [0.4, 0.5) is 0 Å². The maximum Gasteiger partial charge on any atom is 0.255 e. The quantitative estimate of drug-likeness (QED) is 0.781. The van der Waals surface area contributed by atoms with E-state index in [1.807, 2.05) is 14.0 Å². The monoisotopic (exact) mass is 316 g/mol. The number of aromatic nitrogens is 3. The molecule has 1 aromatic carbocycles. The lowest BCUT2D eigenvalue weighted by atomic mass is 9.79. The minimum absolute atomic E-state index is 0.000683. The molecule has 1 amide bonds. The smallest absolute Gasteiger partial charge is 0.255 e. The highest BCUT2D eigenvalue weighted by Gasteiger charge is 2.35. The Hall–Kier alpha value is -2.41. The molecule has 7 heteroatoms. The molecule has 3 rings (SSSR count). The van der Waals surface area contributed by atoms with Crippen molar-refractivity contribution in [1.82, 2.24) is 20.1 Å². The molecule has 0 unspecified atom stereocenters. The fourth-order valence-electron chi connectivity index (χ4n) is 2.91. The molecule has 0 radical (unpaired) electrons. The van der Waals surface area contributed by atoms with Crippen molar-refractivity contribution >= 4 is 5.91 Å². The second-order valence-corrected chi connectivity index (χ2v) is 6.05. The van der Waals surface area contributed by atoms with Gasteiger partial charge in [0.05, 0.1) is 5.56 Å². The Balaban J connectivity index is 1.59. The van der Waals surface area contributed by atoms with E-state index in [0.717, 1.165) is 24.2 Å². The van der Waals surface area contributed by atoms with Gasteiger partial charge in [-0.1, -0.05) is 6.07 Å².